The third kappa shape index (κ3) is 5.22. The topological polar surface area (TPSA) is 72.9 Å². The number of nitrogens with zero attached hydrogens (tertiary/aromatic N) is 2. The Hall–Kier alpha value is -2.94. The van der Waals surface area contributed by atoms with Crippen LogP contribution >= 0.6 is 11.3 Å². The zero-order valence-electron chi connectivity index (χ0n) is 17.4. The Morgan fingerprint density at radius 3 is 2.74 bits per heavy atom. The summed E-state index contributed by atoms with van der Waals surface area (Å²) >= 11 is 1.49. The fraction of sp³-hybridized carbons (Fsp3) is 0.304. The van der Waals surface area contributed by atoms with Crippen molar-refractivity contribution in [2.45, 2.75) is 0 Å². The molecule has 162 valence electrons. The zero-order chi connectivity index (χ0) is 21.5. The van der Waals surface area contributed by atoms with Crippen LogP contribution in [-0.4, -0.2) is 57.5 Å². The van der Waals surface area contributed by atoms with Gasteiger partial charge in [-0.05, 0) is 23.8 Å². The quantitative estimate of drug-likeness (QED) is 0.537. The maximum Gasteiger partial charge on any atom is 0.265 e. The van der Waals surface area contributed by atoms with Gasteiger partial charge < -0.3 is 24.4 Å². The van der Waals surface area contributed by atoms with Gasteiger partial charge in [-0.2, -0.15) is 0 Å². The molecule has 1 aliphatic rings. The first-order chi connectivity index (χ1) is 15.3. The number of rotatable bonds is 8. The summed E-state index contributed by atoms with van der Waals surface area (Å²) in [5.41, 5.74) is 2.68. The Bertz CT molecular complexity index is 1000. The molecule has 31 heavy (non-hydrogen) atoms. The highest BCUT2D eigenvalue weighted by Crippen LogP contribution is 2.39. The molecular weight excluding hydrogens is 414 g/mol. The summed E-state index contributed by atoms with van der Waals surface area (Å²) < 4.78 is 16.2. The minimum atomic E-state index is -0.189. The first kappa shape index (κ1) is 21.3. The van der Waals surface area contributed by atoms with E-state index in [-0.39, 0.29) is 5.91 Å². The van der Waals surface area contributed by atoms with Crippen LogP contribution in [-0.2, 0) is 9.47 Å². The molecule has 0 aliphatic carbocycles. The van der Waals surface area contributed by atoms with E-state index in [1.807, 2.05) is 24.3 Å². The summed E-state index contributed by atoms with van der Waals surface area (Å²) in [6.45, 7) is 3.78. The Kier molecular flexibility index (Phi) is 7.14. The van der Waals surface area contributed by atoms with E-state index in [0.717, 1.165) is 29.2 Å². The van der Waals surface area contributed by atoms with Gasteiger partial charge in [-0.1, -0.05) is 30.3 Å². The normalized spacial score (nSPS) is 13.8. The highest BCUT2D eigenvalue weighted by Gasteiger charge is 2.22. The van der Waals surface area contributed by atoms with Crippen LogP contribution in [0.3, 0.4) is 0 Å². The van der Waals surface area contributed by atoms with E-state index in [1.165, 1.54) is 11.3 Å². The fourth-order valence-electron chi connectivity index (χ4n) is 3.33. The standard InChI is InChI=1S/C23H25N3O4S/c1-28-14-15-30-22-19(8-5-9-24-22)25-21(27)20-16-18(17-6-3-2-4-7-17)23(31-20)26-10-12-29-13-11-26/h2-9,16H,10-15H2,1H3,(H,25,27). The van der Waals surface area contributed by atoms with Crippen LogP contribution in [0.2, 0.25) is 0 Å². The van der Waals surface area contributed by atoms with Crippen molar-refractivity contribution in [2.75, 3.05) is 56.8 Å². The van der Waals surface area contributed by atoms with E-state index in [2.05, 4.69) is 27.3 Å². The predicted molar refractivity (Wildman–Crippen MR) is 122 cm³/mol. The van der Waals surface area contributed by atoms with Crippen LogP contribution in [0.1, 0.15) is 9.67 Å². The largest absolute Gasteiger partial charge is 0.474 e. The molecule has 7 nitrogen and oxygen atoms in total. The maximum absolute atomic E-state index is 13.1. The van der Waals surface area contributed by atoms with Crippen molar-refractivity contribution in [3.63, 3.8) is 0 Å². The van der Waals surface area contributed by atoms with Crippen LogP contribution in [0, 0.1) is 0 Å². The van der Waals surface area contributed by atoms with Gasteiger partial charge >= 0.3 is 0 Å². The van der Waals surface area contributed by atoms with Gasteiger partial charge in [0.25, 0.3) is 5.91 Å². The predicted octanol–water partition coefficient (Wildman–Crippen LogP) is 3.92. The molecule has 1 fully saturated rings. The molecule has 0 spiro atoms. The van der Waals surface area contributed by atoms with Gasteiger partial charge in [0.05, 0.1) is 29.7 Å². The second-order valence-electron chi connectivity index (χ2n) is 6.95. The Labute approximate surface area is 185 Å². The minimum Gasteiger partial charge on any atom is -0.474 e. The minimum absolute atomic E-state index is 0.189. The molecule has 4 rings (SSSR count). The molecule has 3 aromatic rings. The number of carbonyl (C=O) groups excluding carboxylic acids is 1. The molecule has 0 atom stereocenters. The number of morpholine rings is 1. The van der Waals surface area contributed by atoms with E-state index < -0.39 is 0 Å². The number of carbonyl (C=O) groups is 1. The van der Waals surface area contributed by atoms with Crippen LogP contribution < -0.4 is 15.0 Å². The lowest BCUT2D eigenvalue weighted by Gasteiger charge is -2.28. The van der Waals surface area contributed by atoms with Gasteiger partial charge in [0.1, 0.15) is 12.3 Å². The van der Waals surface area contributed by atoms with Crippen molar-refractivity contribution in [3.8, 4) is 17.0 Å². The second-order valence-corrected chi connectivity index (χ2v) is 7.98. The number of anilines is 2. The number of nitrogens with one attached hydrogen (secondary N) is 1. The lowest BCUT2D eigenvalue weighted by molar-refractivity contribution is 0.102. The van der Waals surface area contributed by atoms with Crippen molar-refractivity contribution in [1.29, 1.82) is 0 Å². The molecular formula is C23H25N3O4S. The molecule has 1 saturated heterocycles. The number of amides is 1. The monoisotopic (exact) mass is 439 g/mol. The molecule has 2 aromatic heterocycles. The van der Waals surface area contributed by atoms with E-state index in [0.29, 0.717) is 42.9 Å². The molecule has 8 heteroatoms. The molecule has 1 aromatic carbocycles. The number of aromatic nitrogens is 1. The summed E-state index contributed by atoms with van der Waals surface area (Å²) in [6.07, 6.45) is 1.63. The summed E-state index contributed by atoms with van der Waals surface area (Å²) in [5, 5.41) is 4.03. The number of pyridine rings is 1. The van der Waals surface area contributed by atoms with Crippen LogP contribution in [0.25, 0.3) is 11.1 Å². The lowest BCUT2D eigenvalue weighted by Crippen LogP contribution is -2.35. The SMILES string of the molecule is COCCOc1ncccc1NC(=O)c1cc(-c2ccccc2)c(N2CCOCC2)s1. The third-order valence-corrected chi connectivity index (χ3v) is 6.06. The molecule has 1 aliphatic heterocycles. The molecule has 0 unspecified atom stereocenters. The lowest BCUT2D eigenvalue weighted by atomic mass is 10.1. The summed E-state index contributed by atoms with van der Waals surface area (Å²) in [6, 6.07) is 15.6. The van der Waals surface area contributed by atoms with Gasteiger partial charge in [0.15, 0.2) is 0 Å². The number of methoxy groups -OCH3 is 1. The molecule has 0 saturated carbocycles. The van der Waals surface area contributed by atoms with E-state index in [4.69, 9.17) is 14.2 Å². The zero-order valence-corrected chi connectivity index (χ0v) is 18.2. The highest BCUT2D eigenvalue weighted by molar-refractivity contribution is 7.18. The number of benzene rings is 1. The van der Waals surface area contributed by atoms with Crippen LogP contribution in [0.5, 0.6) is 5.88 Å². The van der Waals surface area contributed by atoms with Crippen molar-refractivity contribution < 1.29 is 19.0 Å². The number of ether oxygens (including phenoxy) is 3. The summed E-state index contributed by atoms with van der Waals surface area (Å²) in [5.74, 6) is 0.187. The average molecular weight is 440 g/mol. The van der Waals surface area contributed by atoms with Gasteiger partial charge in [-0.3, -0.25) is 4.79 Å². The third-order valence-electron chi connectivity index (χ3n) is 4.86. The molecule has 0 bridgehead atoms. The first-order valence-corrected chi connectivity index (χ1v) is 11.0. The first-order valence-electron chi connectivity index (χ1n) is 10.2. The summed E-state index contributed by atoms with van der Waals surface area (Å²) in [7, 11) is 1.61. The second kappa shape index (κ2) is 10.4. The molecule has 0 radical (unpaired) electrons. The summed E-state index contributed by atoms with van der Waals surface area (Å²) in [4.78, 5) is 20.3. The molecule has 1 amide bonds. The van der Waals surface area contributed by atoms with E-state index in [9.17, 15) is 4.79 Å². The Morgan fingerprint density at radius 2 is 1.97 bits per heavy atom. The van der Waals surface area contributed by atoms with Crippen molar-refractivity contribution in [2.24, 2.45) is 0 Å². The molecule has 3 heterocycles. The van der Waals surface area contributed by atoms with Gasteiger partial charge in [-0.25, -0.2) is 4.98 Å². The van der Waals surface area contributed by atoms with Gasteiger partial charge in [0.2, 0.25) is 5.88 Å². The number of thiophene rings is 1. The van der Waals surface area contributed by atoms with Crippen molar-refractivity contribution >= 4 is 27.9 Å². The number of hydrogen-bond acceptors (Lipinski definition) is 7. The van der Waals surface area contributed by atoms with Crippen molar-refractivity contribution in [1.82, 2.24) is 4.98 Å². The van der Waals surface area contributed by atoms with Crippen LogP contribution in [0.4, 0.5) is 10.7 Å². The Morgan fingerprint density at radius 1 is 1.16 bits per heavy atom. The average Bonchev–Trinajstić information content (AvgIpc) is 3.27. The fourth-order valence-corrected chi connectivity index (χ4v) is 4.45. The number of hydrogen-bond donors (Lipinski definition) is 1. The van der Waals surface area contributed by atoms with E-state index >= 15 is 0 Å². The van der Waals surface area contributed by atoms with Gasteiger partial charge in [-0.15, -0.1) is 11.3 Å². The van der Waals surface area contributed by atoms with Crippen LogP contribution in [0.15, 0.2) is 54.7 Å². The molecule has 1 N–H and O–H groups in total. The smallest absolute Gasteiger partial charge is 0.265 e. The highest BCUT2D eigenvalue weighted by atomic mass is 32.1. The van der Waals surface area contributed by atoms with Gasteiger partial charge in [0, 0.05) is 32.0 Å². The Balaban J connectivity index is 1.60. The van der Waals surface area contributed by atoms with E-state index in [1.54, 1.807) is 25.4 Å². The van der Waals surface area contributed by atoms with Crippen molar-refractivity contribution in [3.05, 3.63) is 59.6 Å². The maximum atomic E-state index is 13.1.